The predicted molar refractivity (Wildman–Crippen MR) is 73.4 cm³/mol. The number of methoxy groups -OCH3 is 1. The molecule has 5 nitrogen and oxygen atoms in total. The Morgan fingerprint density at radius 2 is 2.11 bits per heavy atom. The van der Waals surface area contributed by atoms with Crippen molar-refractivity contribution in [3.05, 3.63) is 23.8 Å². The number of rotatable bonds is 5. The van der Waals surface area contributed by atoms with Crippen LogP contribution in [-0.2, 0) is 4.74 Å². The van der Waals surface area contributed by atoms with Crippen LogP contribution in [0.2, 0.25) is 0 Å². The predicted octanol–water partition coefficient (Wildman–Crippen LogP) is 1.53. The molecule has 5 heteroatoms. The van der Waals surface area contributed by atoms with E-state index in [2.05, 4.69) is 4.90 Å². The van der Waals surface area contributed by atoms with E-state index < -0.39 is 5.97 Å². The minimum Gasteiger partial charge on any atom is -0.491 e. The quantitative estimate of drug-likeness (QED) is 0.645. The van der Waals surface area contributed by atoms with Gasteiger partial charge in [0.2, 0.25) is 0 Å². The van der Waals surface area contributed by atoms with Crippen molar-refractivity contribution in [1.29, 1.82) is 0 Å². The highest BCUT2D eigenvalue weighted by Crippen LogP contribution is 2.25. The van der Waals surface area contributed by atoms with Crippen LogP contribution in [-0.4, -0.2) is 44.2 Å². The molecule has 1 aromatic carbocycles. The standard InChI is InChI=1S/C14H20N2O3/c1-18-14(17)13-11(15)5-4-6-12(13)19-10-9-16-7-2-3-8-16/h4-6H,2-3,7-10,15H2,1H3. The Labute approximate surface area is 113 Å². The van der Waals surface area contributed by atoms with Crippen molar-refractivity contribution >= 4 is 11.7 Å². The van der Waals surface area contributed by atoms with Crippen LogP contribution in [0.1, 0.15) is 23.2 Å². The smallest absolute Gasteiger partial charge is 0.343 e. The lowest BCUT2D eigenvalue weighted by atomic mass is 10.1. The van der Waals surface area contributed by atoms with Gasteiger partial charge in [0.1, 0.15) is 17.9 Å². The van der Waals surface area contributed by atoms with Crippen LogP contribution < -0.4 is 10.5 Å². The number of carbonyl (C=O) groups excluding carboxylic acids is 1. The molecule has 1 fully saturated rings. The van der Waals surface area contributed by atoms with E-state index in [4.69, 9.17) is 15.2 Å². The fourth-order valence-corrected chi connectivity index (χ4v) is 2.28. The summed E-state index contributed by atoms with van der Waals surface area (Å²) in [5.41, 5.74) is 6.49. The summed E-state index contributed by atoms with van der Waals surface area (Å²) in [7, 11) is 1.34. The fraction of sp³-hybridized carbons (Fsp3) is 0.500. The zero-order chi connectivity index (χ0) is 13.7. The van der Waals surface area contributed by atoms with Gasteiger partial charge in [-0.25, -0.2) is 4.79 Å². The summed E-state index contributed by atoms with van der Waals surface area (Å²) in [6, 6.07) is 5.18. The van der Waals surface area contributed by atoms with E-state index in [1.165, 1.54) is 20.0 Å². The van der Waals surface area contributed by atoms with Gasteiger partial charge in [-0.1, -0.05) is 6.07 Å². The van der Waals surface area contributed by atoms with Crippen molar-refractivity contribution in [3.63, 3.8) is 0 Å². The Morgan fingerprint density at radius 1 is 1.37 bits per heavy atom. The Bertz CT molecular complexity index is 442. The summed E-state index contributed by atoms with van der Waals surface area (Å²) in [5.74, 6) is 0.0281. The van der Waals surface area contributed by atoms with E-state index in [1.807, 2.05) is 0 Å². The first-order chi connectivity index (χ1) is 9.22. The molecule has 1 heterocycles. The van der Waals surface area contributed by atoms with Crippen molar-refractivity contribution in [2.24, 2.45) is 0 Å². The van der Waals surface area contributed by atoms with Gasteiger partial charge < -0.3 is 15.2 Å². The zero-order valence-corrected chi connectivity index (χ0v) is 11.2. The van der Waals surface area contributed by atoms with Gasteiger partial charge in [0, 0.05) is 12.2 Å². The van der Waals surface area contributed by atoms with Crippen molar-refractivity contribution in [3.8, 4) is 5.75 Å². The Hall–Kier alpha value is -1.75. The van der Waals surface area contributed by atoms with Gasteiger partial charge >= 0.3 is 5.97 Å². The first-order valence-electron chi connectivity index (χ1n) is 6.54. The van der Waals surface area contributed by atoms with Gasteiger partial charge in [-0.2, -0.15) is 0 Å². The lowest BCUT2D eigenvalue weighted by Gasteiger charge is -2.16. The summed E-state index contributed by atoms with van der Waals surface area (Å²) >= 11 is 0. The molecule has 1 aromatic rings. The summed E-state index contributed by atoms with van der Waals surface area (Å²) in [6.45, 7) is 3.68. The average molecular weight is 264 g/mol. The van der Waals surface area contributed by atoms with Crippen LogP contribution >= 0.6 is 0 Å². The largest absolute Gasteiger partial charge is 0.491 e. The molecule has 0 amide bonds. The van der Waals surface area contributed by atoms with E-state index >= 15 is 0 Å². The number of hydrogen-bond donors (Lipinski definition) is 1. The van der Waals surface area contributed by atoms with Gasteiger partial charge in [0.05, 0.1) is 7.11 Å². The third kappa shape index (κ3) is 3.38. The maximum absolute atomic E-state index is 11.7. The molecule has 0 saturated carbocycles. The number of carbonyl (C=O) groups is 1. The van der Waals surface area contributed by atoms with Gasteiger partial charge in [0.15, 0.2) is 0 Å². The third-order valence-corrected chi connectivity index (χ3v) is 3.31. The summed E-state index contributed by atoms with van der Waals surface area (Å²) in [5, 5.41) is 0. The Kier molecular flexibility index (Phi) is 4.63. The number of ether oxygens (including phenoxy) is 2. The third-order valence-electron chi connectivity index (χ3n) is 3.31. The molecule has 0 aliphatic carbocycles. The van der Waals surface area contributed by atoms with Crippen LogP contribution in [0.15, 0.2) is 18.2 Å². The van der Waals surface area contributed by atoms with Gasteiger partial charge in [-0.3, -0.25) is 4.90 Å². The molecule has 2 N–H and O–H groups in total. The van der Waals surface area contributed by atoms with Crippen molar-refractivity contribution in [2.75, 3.05) is 39.1 Å². The molecule has 0 bridgehead atoms. The second-order valence-corrected chi connectivity index (χ2v) is 4.61. The highest BCUT2D eigenvalue weighted by Gasteiger charge is 2.17. The van der Waals surface area contributed by atoms with Gasteiger partial charge in [-0.15, -0.1) is 0 Å². The van der Waals surface area contributed by atoms with Crippen LogP contribution in [0.3, 0.4) is 0 Å². The maximum atomic E-state index is 11.7. The van der Waals surface area contributed by atoms with Crippen LogP contribution in [0.4, 0.5) is 5.69 Å². The van der Waals surface area contributed by atoms with Crippen LogP contribution in [0.5, 0.6) is 5.75 Å². The Morgan fingerprint density at radius 3 is 2.79 bits per heavy atom. The molecule has 1 aliphatic rings. The first-order valence-corrected chi connectivity index (χ1v) is 6.54. The second kappa shape index (κ2) is 6.43. The number of nitrogens with two attached hydrogens (primary N) is 1. The van der Waals surface area contributed by atoms with Crippen molar-refractivity contribution in [1.82, 2.24) is 4.90 Å². The molecule has 0 aromatic heterocycles. The zero-order valence-electron chi connectivity index (χ0n) is 11.2. The first kappa shape index (κ1) is 13.7. The topological polar surface area (TPSA) is 64.8 Å². The van der Waals surface area contributed by atoms with E-state index in [9.17, 15) is 4.79 Å². The number of esters is 1. The number of benzene rings is 1. The SMILES string of the molecule is COC(=O)c1c(N)cccc1OCCN1CCCC1. The number of nitrogen functional groups attached to an aromatic ring is 1. The summed E-state index contributed by atoms with van der Waals surface area (Å²) < 4.78 is 10.4. The minimum atomic E-state index is -0.464. The molecule has 0 radical (unpaired) electrons. The van der Waals surface area contributed by atoms with Crippen LogP contribution in [0.25, 0.3) is 0 Å². The molecular formula is C14H20N2O3. The molecule has 19 heavy (non-hydrogen) atoms. The Balaban J connectivity index is 1.98. The number of hydrogen-bond acceptors (Lipinski definition) is 5. The molecule has 0 unspecified atom stereocenters. The highest BCUT2D eigenvalue weighted by molar-refractivity contribution is 5.98. The minimum absolute atomic E-state index is 0.312. The van der Waals surface area contributed by atoms with Crippen molar-refractivity contribution in [2.45, 2.75) is 12.8 Å². The molecule has 1 saturated heterocycles. The molecule has 0 atom stereocenters. The molecule has 104 valence electrons. The molecular weight excluding hydrogens is 244 g/mol. The lowest BCUT2D eigenvalue weighted by Crippen LogP contribution is -2.25. The number of nitrogens with zero attached hydrogens (tertiary/aromatic N) is 1. The number of likely N-dealkylation sites (tertiary alicyclic amines) is 1. The summed E-state index contributed by atoms with van der Waals surface area (Å²) in [4.78, 5) is 14.0. The van der Waals surface area contributed by atoms with Gasteiger partial charge in [0.25, 0.3) is 0 Å². The fourth-order valence-electron chi connectivity index (χ4n) is 2.28. The normalized spacial score (nSPS) is 15.4. The molecule has 0 spiro atoms. The second-order valence-electron chi connectivity index (χ2n) is 4.61. The highest BCUT2D eigenvalue weighted by atomic mass is 16.5. The van der Waals surface area contributed by atoms with Crippen LogP contribution in [0, 0.1) is 0 Å². The number of anilines is 1. The molecule has 1 aliphatic heterocycles. The van der Waals surface area contributed by atoms with Crippen molar-refractivity contribution < 1.29 is 14.3 Å². The lowest BCUT2D eigenvalue weighted by molar-refractivity contribution is 0.0597. The van der Waals surface area contributed by atoms with Gasteiger partial charge in [-0.05, 0) is 38.1 Å². The van der Waals surface area contributed by atoms with E-state index in [0.717, 1.165) is 19.6 Å². The van der Waals surface area contributed by atoms with E-state index in [1.54, 1.807) is 18.2 Å². The maximum Gasteiger partial charge on any atom is 0.343 e. The average Bonchev–Trinajstić information content (AvgIpc) is 2.91. The van der Waals surface area contributed by atoms with E-state index in [-0.39, 0.29) is 0 Å². The monoisotopic (exact) mass is 264 g/mol. The summed E-state index contributed by atoms with van der Waals surface area (Å²) in [6.07, 6.45) is 2.51. The molecule has 2 rings (SSSR count). The van der Waals surface area contributed by atoms with E-state index in [0.29, 0.717) is 23.6 Å².